The van der Waals surface area contributed by atoms with Crippen LogP contribution in [-0.4, -0.2) is 20.9 Å². The molecular weight excluding hydrogens is 431 g/mol. The molecule has 0 radical (unpaired) electrons. The first-order chi connectivity index (χ1) is 15.7. The first-order valence-corrected chi connectivity index (χ1v) is 9.85. The van der Waals surface area contributed by atoms with E-state index in [4.69, 9.17) is 5.73 Å². The highest BCUT2D eigenvalue weighted by atomic mass is 19.4. The number of amides is 1. The lowest BCUT2D eigenvalue weighted by atomic mass is 9.95. The highest BCUT2D eigenvalue weighted by molar-refractivity contribution is 6.00. The van der Waals surface area contributed by atoms with Crippen molar-refractivity contribution in [2.75, 3.05) is 5.32 Å². The van der Waals surface area contributed by atoms with E-state index in [1.165, 1.54) is 0 Å². The van der Waals surface area contributed by atoms with Gasteiger partial charge >= 0.3 is 6.18 Å². The Morgan fingerprint density at radius 3 is 2.52 bits per heavy atom. The van der Waals surface area contributed by atoms with E-state index in [-0.39, 0.29) is 11.1 Å². The molecule has 9 heteroatoms. The highest BCUT2D eigenvalue weighted by Crippen LogP contribution is 2.35. The molecule has 2 aromatic heterocycles. The van der Waals surface area contributed by atoms with Crippen LogP contribution in [0.15, 0.2) is 73.2 Å². The summed E-state index contributed by atoms with van der Waals surface area (Å²) >= 11 is 0. The quantitative estimate of drug-likeness (QED) is 0.427. The van der Waals surface area contributed by atoms with Crippen LogP contribution in [0.4, 0.5) is 24.8 Å². The first kappa shape index (κ1) is 21.9. The molecule has 4 aromatic rings. The number of primary amides is 1. The number of hydrogen-bond donors (Lipinski definition) is 2. The Labute approximate surface area is 187 Å². The summed E-state index contributed by atoms with van der Waals surface area (Å²) < 4.78 is 39.8. The number of aryl methyl sites for hydroxylation is 1. The van der Waals surface area contributed by atoms with Gasteiger partial charge in [0.2, 0.25) is 11.9 Å². The third-order valence-corrected chi connectivity index (χ3v) is 5.02. The van der Waals surface area contributed by atoms with Crippen LogP contribution in [-0.2, 0) is 6.18 Å². The lowest BCUT2D eigenvalue weighted by molar-refractivity contribution is -0.137. The van der Waals surface area contributed by atoms with E-state index >= 15 is 0 Å². The molecule has 0 saturated heterocycles. The summed E-state index contributed by atoms with van der Waals surface area (Å²) in [5.41, 5.74) is 7.86. The van der Waals surface area contributed by atoms with Crippen molar-refractivity contribution in [1.29, 1.82) is 0 Å². The van der Waals surface area contributed by atoms with Gasteiger partial charge in [-0.05, 0) is 66.1 Å². The number of halogens is 3. The van der Waals surface area contributed by atoms with Gasteiger partial charge < -0.3 is 11.1 Å². The summed E-state index contributed by atoms with van der Waals surface area (Å²) in [6.45, 7) is 1.83. The number of hydrogen-bond acceptors (Lipinski definition) is 5. The molecule has 0 atom stereocenters. The Morgan fingerprint density at radius 1 is 1.00 bits per heavy atom. The van der Waals surface area contributed by atoms with Gasteiger partial charge in [-0.1, -0.05) is 12.1 Å². The van der Waals surface area contributed by atoms with Gasteiger partial charge in [-0.2, -0.15) is 13.2 Å². The second-order valence-electron chi connectivity index (χ2n) is 7.28. The fourth-order valence-electron chi connectivity index (χ4n) is 3.31. The van der Waals surface area contributed by atoms with Crippen LogP contribution in [0.2, 0.25) is 0 Å². The van der Waals surface area contributed by atoms with Crippen molar-refractivity contribution < 1.29 is 18.0 Å². The van der Waals surface area contributed by atoms with Crippen LogP contribution in [0.5, 0.6) is 0 Å². The molecule has 0 saturated carbocycles. The number of nitrogens with two attached hydrogens (primary N) is 1. The van der Waals surface area contributed by atoms with Gasteiger partial charge in [0, 0.05) is 35.4 Å². The van der Waals surface area contributed by atoms with E-state index in [0.29, 0.717) is 22.9 Å². The third-order valence-electron chi connectivity index (χ3n) is 5.02. The number of anilines is 2. The van der Waals surface area contributed by atoms with Crippen LogP contribution in [0.1, 0.15) is 21.5 Å². The Morgan fingerprint density at radius 2 is 1.82 bits per heavy atom. The minimum absolute atomic E-state index is 0.00683. The van der Waals surface area contributed by atoms with Crippen molar-refractivity contribution in [3.05, 3.63) is 89.9 Å². The topological polar surface area (TPSA) is 93.8 Å². The van der Waals surface area contributed by atoms with E-state index in [2.05, 4.69) is 20.3 Å². The molecule has 4 rings (SSSR count). The summed E-state index contributed by atoms with van der Waals surface area (Å²) in [6.07, 6.45) is 0.371. The zero-order valence-corrected chi connectivity index (χ0v) is 17.4. The second kappa shape index (κ2) is 8.70. The minimum Gasteiger partial charge on any atom is -0.366 e. The van der Waals surface area contributed by atoms with Crippen LogP contribution < -0.4 is 11.1 Å². The Balaban J connectivity index is 1.74. The Bertz CT molecular complexity index is 1320. The molecule has 0 fully saturated rings. The molecule has 0 aliphatic rings. The highest BCUT2D eigenvalue weighted by Gasteiger charge is 2.31. The second-order valence-corrected chi connectivity index (χ2v) is 7.28. The molecule has 2 aromatic carbocycles. The number of carbonyl (C=O) groups excluding carboxylic acids is 1. The predicted octanol–water partition coefficient (Wildman–Crippen LogP) is 5.38. The fraction of sp³-hybridized carbons (Fsp3) is 0.0833. The maximum absolute atomic E-state index is 13.3. The lowest BCUT2D eigenvalue weighted by Crippen LogP contribution is -2.14. The van der Waals surface area contributed by atoms with E-state index in [0.717, 1.165) is 29.3 Å². The SMILES string of the molecule is Cc1ccc(-c2cc(C(F)(F)F)ccc2C(N)=O)cc1Nc1nccc(-c2cccnc2)n1. The first-order valence-electron chi connectivity index (χ1n) is 9.85. The molecule has 33 heavy (non-hydrogen) atoms. The largest absolute Gasteiger partial charge is 0.416 e. The standard InChI is InChI=1S/C24H18F3N5O/c1-14-4-5-15(19-12-17(24(25,26)27)6-7-18(19)22(28)33)11-21(14)32-23-30-10-8-20(31-23)16-3-2-9-29-13-16/h2-13H,1H3,(H2,28,33)(H,30,31,32). The number of carbonyl (C=O) groups is 1. The minimum atomic E-state index is -4.56. The van der Waals surface area contributed by atoms with Gasteiger partial charge in [-0.25, -0.2) is 9.97 Å². The van der Waals surface area contributed by atoms with Crippen molar-refractivity contribution in [1.82, 2.24) is 15.0 Å². The number of rotatable bonds is 5. The van der Waals surface area contributed by atoms with Crippen molar-refractivity contribution in [3.63, 3.8) is 0 Å². The molecule has 0 aliphatic carbocycles. The number of aromatic nitrogens is 3. The summed E-state index contributed by atoms with van der Waals surface area (Å²) in [7, 11) is 0. The van der Waals surface area contributed by atoms with E-state index in [1.54, 1.807) is 48.9 Å². The number of alkyl halides is 3. The molecule has 3 N–H and O–H groups in total. The molecule has 0 unspecified atom stereocenters. The van der Waals surface area contributed by atoms with Crippen molar-refractivity contribution >= 4 is 17.5 Å². The van der Waals surface area contributed by atoms with Gasteiger partial charge in [0.25, 0.3) is 0 Å². The van der Waals surface area contributed by atoms with Crippen LogP contribution in [0.3, 0.4) is 0 Å². The smallest absolute Gasteiger partial charge is 0.366 e. The number of nitrogens with zero attached hydrogens (tertiary/aromatic N) is 3. The van der Waals surface area contributed by atoms with Crippen LogP contribution >= 0.6 is 0 Å². The molecular formula is C24H18F3N5O. The van der Waals surface area contributed by atoms with Gasteiger partial charge in [0.1, 0.15) is 0 Å². The Hall–Kier alpha value is -4.27. The predicted molar refractivity (Wildman–Crippen MR) is 119 cm³/mol. The maximum Gasteiger partial charge on any atom is 0.416 e. The summed E-state index contributed by atoms with van der Waals surface area (Å²) in [6, 6.07) is 13.3. The number of benzene rings is 2. The van der Waals surface area contributed by atoms with Crippen LogP contribution in [0.25, 0.3) is 22.4 Å². The summed E-state index contributed by atoms with van der Waals surface area (Å²) in [4.78, 5) is 24.7. The summed E-state index contributed by atoms with van der Waals surface area (Å²) in [5, 5.41) is 3.11. The van der Waals surface area contributed by atoms with Gasteiger partial charge in [-0.3, -0.25) is 9.78 Å². The summed E-state index contributed by atoms with van der Waals surface area (Å²) in [5.74, 6) is -0.517. The molecule has 166 valence electrons. The normalized spacial score (nSPS) is 11.3. The molecule has 1 amide bonds. The van der Waals surface area contributed by atoms with Gasteiger partial charge in [-0.15, -0.1) is 0 Å². The lowest BCUT2D eigenvalue weighted by Gasteiger charge is -2.15. The molecule has 0 aliphatic heterocycles. The van der Waals surface area contributed by atoms with Crippen molar-refractivity contribution in [3.8, 4) is 22.4 Å². The van der Waals surface area contributed by atoms with E-state index < -0.39 is 17.6 Å². The molecule has 2 heterocycles. The van der Waals surface area contributed by atoms with Crippen molar-refractivity contribution in [2.45, 2.75) is 13.1 Å². The maximum atomic E-state index is 13.3. The van der Waals surface area contributed by atoms with Crippen molar-refractivity contribution in [2.24, 2.45) is 5.73 Å². The monoisotopic (exact) mass is 449 g/mol. The average Bonchev–Trinajstić information content (AvgIpc) is 2.80. The van der Waals surface area contributed by atoms with E-state index in [1.807, 2.05) is 13.0 Å². The van der Waals surface area contributed by atoms with Gasteiger partial charge in [0.15, 0.2) is 0 Å². The zero-order chi connectivity index (χ0) is 23.6. The molecule has 0 bridgehead atoms. The fourth-order valence-corrected chi connectivity index (χ4v) is 3.31. The molecule has 0 spiro atoms. The average molecular weight is 449 g/mol. The number of pyridine rings is 1. The third kappa shape index (κ3) is 4.82. The zero-order valence-electron chi connectivity index (χ0n) is 17.4. The Kier molecular flexibility index (Phi) is 5.78. The van der Waals surface area contributed by atoms with E-state index in [9.17, 15) is 18.0 Å². The number of nitrogens with one attached hydrogen (secondary N) is 1. The van der Waals surface area contributed by atoms with Crippen LogP contribution in [0, 0.1) is 6.92 Å². The van der Waals surface area contributed by atoms with Gasteiger partial charge in [0.05, 0.1) is 11.3 Å². The molecule has 6 nitrogen and oxygen atoms in total.